The molecule has 0 radical (unpaired) electrons. The highest BCUT2D eigenvalue weighted by Crippen LogP contribution is 2.46. The Hall–Kier alpha value is -2.79. The second-order valence-electron chi connectivity index (χ2n) is 7.41. The van der Waals surface area contributed by atoms with Crippen LogP contribution in [0, 0.1) is 0 Å². The fraction of sp³-hybridized carbons (Fsp3) is 0.500. The minimum atomic E-state index is -4.57. The van der Waals surface area contributed by atoms with E-state index in [1.807, 2.05) is 0 Å². The molecule has 1 atom stereocenters. The van der Waals surface area contributed by atoms with Crippen molar-refractivity contribution in [1.29, 1.82) is 0 Å². The third-order valence-electron chi connectivity index (χ3n) is 5.51. The molecule has 30 heavy (non-hydrogen) atoms. The van der Waals surface area contributed by atoms with Crippen molar-refractivity contribution in [2.75, 3.05) is 23.3 Å². The van der Waals surface area contributed by atoms with Gasteiger partial charge in [0, 0.05) is 37.2 Å². The van der Waals surface area contributed by atoms with Crippen LogP contribution in [0.5, 0.6) is 0 Å². The van der Waals surface area contributed by atoms with E-state index in [1.54, 1.807) is 4.90 Å². The van der Waals surface area contributed by atoms with E-state index in [2.05, 4.69) is 20.5 Å². The molecule has 1 saturated heterocycles. The first-order chi connectivity index (χ1) is 14.0. The summed E-state index contributed by atoms with van der Waals surface area (Å²) in [6, 6.07) is 2.24. The van der Waals surface area contributed by atoms with E-state index in [0.717, 1.165) is 12.3 Å². The SMILES string of the molecule is O=C1CC(C(F)(F)F)c2c(C3CCN(c4ccc(C(F)(F)F)cn4)CC3)n[nH]c2N1. The van der Waals surface area contributed by atoms with Gasteiger partial charge in [-0.15, -0.1) is 0 Å². The molecule has 2 N–H and O–H groups in total. The van der Waals surface area contributed by atoms with Gasteiger partial charge >= 0.3 is 12.4 Å². The standard InChI is InChI=1S/C18H17F6N5O/c19-17(20,21)10-1-2-12(25-8-10)29-5-3-9(4-6-29)15-14-11(18(22,23)24)7-13(30)26-16(14)28-27-15/h1-2,8-9,11H,3-7H2,(H2,26,27,28,30). The molecular weight excluding hydrogens is 416 g/mol. The molecule has 1 unspecified atom stereocenters. The number of nitrogens with zero attached hydrogens (tertiary/aromatic N) is 3. The van der Waals surface area contributed by atoms with Crippen LogP contribution in [0.1, 0.15) is 47.9 Å². The number of carbonyl (C=O) groups is 1. The molecule has 0 bridgehead atoms. The van der Waals surface area contributed by atoms with Crippen LogP contribution in [0.3, 0.4) is 0 Å². The molecule has 162 valence electrons. The van der Waals surface area contributed by atoms with Crippen LogP contribution in [0.25, 0.3) is 0 Å². The van der Waals surface area contributed by atoms with Crippen LogP contribution in [0.2, 0.25) is 0 Å². The Labute approximate surface area is 166 Å². The normalized spacial score (nSPS) is 20.8. The topological polar surface area (TPSA) is 73.9 Å². The summed E-state index contributed by atoms with van der Waals surface area (Å²) in [6.45, 7) is 0.821. The molecule has 12 heteroatoms. The van der Waals surface area contributed by atoms with Crippen LogP contribution in [-0.4, -0.2) is 40.4 Å². The van der Waals surface area contributed by atoms with E-state index >= 15 is 0 Å². The van der Waals surface area contributed by atoms with E-state index in [9.17, 15) is 31.1 Å². The molecule has 2 aromatic rings. The summed E-state index contributed by atoms with van der Waals surface area (Å²) in [7, 11) is 0. The zero-order valence-electron chi connectivity index (χ0n) is 15.4. The van der Waals surface area contributed by atoms with Crippen molar-refractivity contribution >= 4 is 17.5 Å². The average Bonchev–Trinajstić information content (AvgIpc) is 3.09. The number of amides is 1. The van der Waals surface area contributed by atoms with Crippen LogP contribution < -0.4 is 10.2 Å². The van der Waals surface area contributed by atoms with Gasteiger partial charge in [0.05, 0.1) is 17.2 Å². The molecule has 6 nitrogen and oxygen atoms in total. The van der Waals surface area contributed by atoms with Crippen LogP contribution >= 0.6 is 0 Å². The van der Waals surface area contributed by atoms with Gasteiger partial charge in [-0.25, -0.2) is 4.98 Å². The number of fused-ring (bicyclic) bond motifs is 1. The number of rotatable bonds is 2. The van der Waals surface area contributed by atoms with Crippen molar-refractivity contribution in [3.63, 3.8) is 0 Å². The largest absolute Gasteiger partial charge is 0.417 e. The summed E-state index contributed by atoms with van der Waals surface area (Å²) in [5.74, 6) is -2.54. The van der Waals surface area contributed by atoms with Crippen molar-refractivity contribution in [1.82, 2.24) is 15.2 Å². The number of hydrogen-bond donors (Lipinski definition) is 2. The molecule has 2 aliphatic rings. The number of anilines is 2. The van der Waals surface area contributed by atoms with Crippen LogP contribution in [0.4, 0.5) is 38.0 Å². The molecule has 0 aromatic carbocycles. The van der Waals surface area contributed by atoms with Gasteiger partial charge in [-0.1, -0.05) is 0 Å². The minimum Gasteiger partial charge on any atom is -0.357 e. The highest BCUT2D eigenvalue weighted by molar-refractivity contribution is 5.94. The van der Waals surface area contributed by atoms with Gasteiger partial charge < -0.3 is 10.2 Å². The molecule has 4 heterocycles. The molecule has 0 saturated carbocycles. The molecule has 4 rings (SSSR count). The Morgan fingerprint density at radius 3 is 2.33 bits per heavy atom. The van der Waals surface area contributed by atoms with Gasteiger partial charge in [0.2, 0.25) is 5.91 Å². The zero-order chi connectivity index (χ0) is 21.7. The van der Waals surface area contributed by atoms with Crippen molar-refractivity contribution in [2.45, 2.75) is 43.5 Å². The number of carbonyl (C=O) groups excluding carboxylic acids is 1. The minimum absolute atomic E-state index is 0.0181. The van der Waals surface area contributed by atoms with E-state index in [4.69, 9.17) is 0 Å². The summed E-state index contributed by atoms with van der Waals surface area (Å²) in [6.07, 6.45) is -8.05. The third-order valence-corrected chi connectivity index (χ3v) is 5.51. The number of aromatic nitrogens is 3. The molecule has 1 fully saturated rings. The van der Waals surface area contributed by atoms with Gasteiger partial charge in [0.1, 0.15) is 11.6 Å². The smallest absolute Gasteiger partial charge is 0.357 e. The van der Waals surface area contributed by atoms with Crippen molar-refractivity contribution in [3.05, 3.63) is 35.2 Å². The lowest BCUT2D eigenvalue weighted by molar-refractivity contribution is -0.156. The predicted molar refractivity (Wildman–Crippen MR) is 94.1 cm³/mol. The molecule has 2 aliphatic heterocycles. The molecule has 1 amide bonds. The molecule has 2 aromatic heterocycles. The average molecular weight is 433 g/mol. The van der Waals surface area contributed by atoms with E-state index in [-0.39, 0.29) is 23.0 Å². The van der Waals surface area contributed by atoms with Gasteiger partial charge in [-0.05, 0) is 25.0 Å². The Bertz CT molecular complexity index is 928. The number of hydrogen-bond acceptors (Lipinski definition) is 4. The summed E-state index contributed by atoms with van der Waals surface area (Å²) in [4.78, 5) is 17.3. The quantitative estimate of drug-likeness (QED) is 0.697. The van der Waals surface area contributed by atoms with E-state index < -0.39 is 36.2 Å². The first-order valence-corrected chi connectivity index (χ1v) is 9.27. The Morgan fingerprint density at radius 1 is 1.07 bits per heavy atom. The van der Waals surface area contributed by atoms with E-state index in [1.165, 1.54) is 6.07 Å². The monoisotopic (exact) mass is 433 g/mol. The number of aromatic amines is 1. The van der Waals surface area contributed by atoms with Crippen molar-refractivity contribution < 1.29 is 31.1 Å². The maximum atomic E-state index is 13.5. The van der Waals surface area contributed by atoms with Gasteiger partial charge in [0.25, 0.3) is 0 Å². The zero-order valence-corrected chi connectivity index (χ0v) is 15.4. The number of H-pyrrole nitrogens is 1. The second-order valence-corrected chi connectivity index (χ2v) is 7.41. The Kier molecular flexibility index (Phi) is 4.89. The molecule has 0 spiro atoms. The number of piperidine rings is 1. The maximum Gasteiger partial charge on any atom is 0.417 e. The van der Waals surface area contributed by atoms with Crippen molar-refractivity contribution in [3.8, 4) is 0 Å². The summed E-state index contributed by atoms with van der Waals surface area (Å²) >= 11 is 0. The summed E-state index contributed by atoms with van der Waals surface area (Å²) < 4.78 is 78.5. The summed E-state index contributed by atoms with van der Waals surface area (Å²) in [5, 5.41) is 8.97. The first-order valence-electron chi connectivity index (χ1n) is 9.27. The third kappa shape index (κ3) is 3.82. The highest BCUT2D eigenvalue weighted by atomic mass is 19.4. The van der Waals surface area contributed by atoms with E-state index in [0.29, 0.717) is 31.7 Å². The fourth-order valence-electron chi connectivity index (χ4n) is 4.00. The van der Waals surface area contributed by atoms with Gasteiger partial charge in [-0.2, -0.15) is 31.4 Å². The van der Waals surface area contributed by atoms with Gasteiger partial charge in [0.15, 0.2) is 0 Å². The molecule has 0 aliphatic carbocycles. The molecular formula is C18H17F6N5O. The Morgan fingerprint density at radius 2 is 1.77 bits per heavy atom. The fourth-order valence-corrected chi connectivity index (χ4v) is 4.00. The predicted octanol–water partition coefficient (Wildman–Crippen LogP) is 4.20. The number of nitrogens with one attached hydrogen (secondary N) is 2. The first kappa shape index (κ1) is 20.5. The lowest BCUT2D eigenvalue weighted by Crippen LogP contribution is -2.35. The van der Waals surface area contributed by atoms with Crippen LogP contribution in [-0.2, 0) is 11.0 Å². The van der Waals surface area contributed by atoms with Crippen molar-refractivity contribution in [2.24, 2.45) is 0 Å². The number of pyridine rings is 1. The lowest BCUT2D eigenvalue weighted by atomic mass is 9.84. The number of halogens is 6. The lowest BCUT2D eigenvalue weighted by Gasteiger charge is -2.33. The van der Waals surface area contributed by atoms with Gasteiger partial charge in [-0.3, -0.25) is 9.89 Å². The van der Waals surface area contributed by atoms with Crippen LogP contribution in [0.15, 0.2) is 18.3 Å². The highest BCUT2D eigenvalue weighted by Gasteiger charge is 2.48. The summed E-state index contributed by atoms with van der Waals surface area (Å²) in [5.41, 5.74) is -0.579. The Balaban J connectivity index is 1.50. The maximum absolute atomic E-state index is 13.5. The second kappa shape index (κ2) is 7.17. The number of alkyl halides is 6.